The molecule has 0 fully saturated rings. The van der Waals surface area contributed by atoms with Gasteiger partial charge in [-0.05, 0) is 36.4 Å². The molecule has 1 aromatic heterocycles. The van der Waals surface area contributed by atoms with Crippen LogP contribution in [-0.2, 0) is 0 Å². The number of hydrogen-bond acceptors (Lipinski definition) is 4. The number of anilines is 3. The highest BCUT2D eigenvalue weighted by Gasteiger charge is 2.06. The summed E-state index contributed by atoms with van der Waals surface area (Å²) in [6.07, 6.45) is 1.69. The van der Waals surface area contributed by atoms with Crippen LogP contribution in [0, 0.1) is 0 Å². The Morgan fingerprint density at radius 1 is 1.19 bits per heavy atom. The van der Waals surface area contributed by atoms with Gasteiger partial charge in [0.15, 0.2) is 0 Å². The Bertz CT molecular complexity index is 755. The molecule has 4 N–H and O–H groups in total. The van der Waals surface area contributed by atoms with Crippen LogP contribution in [0.5, 0.6) is 5.75 Å². The van der Waals surface area contributed by atoms with E-state index in [0.29, 0.717) is 17.1 Å². The van der Waals surface area contributed by atoms with Gasteiger partial charge < -0.3 is 15.8 Å². The minimum absolute atomic E-state index is 0.104. The Morgan fingerprint density at radius 3 is 2.67 bits per heavy atom. The maximum atomic E-state index is 12.1. The second kappa shape index (κ2) is 5.28. The molecule has 21 heavy (non-hydrogen) atoms. The number of ether oxygens (including phenoxy) is 1. The minimum Gasteiger partial charge on any atom is -0.435 e. The molecule has 0 aliphatic rings. The fourth-order valence-corrected chi connectivity index (χ4v) is 1.99. The number of benzene rings is 2. The number of rotatable bonds is 4. The molecular weight excluding hydrogens is 278 g/mol. The van der Waals surface area contributed by atoms with E-state index in [1.807, 2.05) is 6.07 Å². The zero-order chi connectivity index (χ0) is 14.8. The first-order chi connectivity index (χ1) is 10.1. The number of alkyl halides is 2. The third-order valence-corrected chi connectivity index (χ3v) is 2.97. The molecule has 0 unspecified atom stereocenters. The van der Waals surface area contributed by atoms with Crippen molar-refractivity contribution in [2.75, 3.05) is 11.1 Å². The van der Waals surface area contributed by atoms with E-state index in [9.17, 15) is 8.78 Å². The highest BCUT2D eigenvalue weighted by molar-refractivity contribution is 5.89. The zero-order valence-electron chi connectivity index (χ0n) is 10.8. The van der Waals surface area contributed by atoms with Crippen molar-refractivity contribution < 1.29 is 13.5 Å². The summed E-state index contributed by atoms with van der Waals surface area (Å²) in [5, 5.41) is 10.8. The Hall–Kier alpha value is -2.83. The number of nitrogens with two attached hydrogens (primary N) is 1. The van der Waals surface area contributed by atoms with Crippen molar-refractivity contribution >= 4 is 28.0 Å². The Balaban J connectivity index is 1.82. The van der Waals surface area contributed by atoms with Crippen molar-refractivity contribution in [3.63, 3.8) is 0 Å². The van der Waals surface area contributed by atoms with Gasteiger partial charge in [-0.25, -0.2) is 0 Å². The van der Waals surface area contributed by atoms with Crippen molar-refractivity contribution in [1.29, 1.82) is 0 Å². The predicted octanol–water partition coefficient (Wildman–Crippen LogP) is 3.49. The Morgan fingerprint density at radius 2 is 1.95 bits per heavy atom. The van der Waals surface area contributed by atoms with Crippen LogP contribution in [0.15, 0.2) is 42.6 Å². The lowest BCUT2D eigenvalue weighted by atomic mass is 10.2. The summed E-state index contributed by atoms with van der Waals surface area (Å²) in [5.74, 6) is 0.104. The molecule has 0 aliphatic heterocycles. The van der Waals surface area contributed by atoms with Crippen LogP contribution in [-0.4, -0.2) is 16.8 Å². The summed E-state index contributed by atoms with van der Waals surface area (Å²) in [7, 11) is 0. The molecule has 5 nitrogen and oxygen atoms in total. The van der Waals surface area contributed by atoms with Gasteiger partial charge in [-0.1, -0.05) is 0 Å². The van der Waals surface area contributed by atoms with Crippen LogP contribution in [0.25, 0.3) is 10.9 Å². The lowest BCUT2D eigenvalue weighted by molar-refractivity contribution is -0.0498. The molecular formula is C14H12F2N4O. The zero-order valence-corrected chi connectivity index (χ0v) is 10.8. The summed E-state index contributed by atoms with van der Waals surface area (Å²) < 4.78 is 28.4. The third-order valence-electron chi connectivity index (χ3n) is 2.97. The van der Waals surface area contributed by atoms with Gasteiger partial charge in [0.2, 0.25) is 0 Å². The van der Waals surface area contributed by atoms with Crippen LogP contribution in [0.4, 0.5) is 25.8 Å². The van der Waals surface area contributed by atoms with Crippen molar-refractivity contribution in [2.45, 2.75) is 6.61 Å². The normalized spacial score (nSPS) is 11.0. The van der Waals surface area contributed by atoms with Gasteiger partial charge in [-0.3, -0.25) is 5.10 Å². The lowest BCUT2D eigenvalue weighted by Crippen LogP contribution is -2.02. The molecule has 0 saturated heterocycles. The summed E-state index contributed by atoms with van der Waals surface area (Å²) in [6, 6.07) is 9.82. The topological polar surface area (TPSA) is 76.0 Å². The second-order valence-electron chi connectivity index (χ2n) is 4.42. The van der Waals surface area contributed by atoms with Crippen LogP contribution < -0.4 is 15.8 Å². The molecule has 0 spiro atoms. The van der Waals surface area contributed by atoms with E-state index >= 15 is 0 Å². The number of H-pyrrole nitrogens is 1. The monoisotopic (exact) mass is 290 g/mol. The van der Waals surface area contributed by atoms with Gasteiger partial charge in [0.05, 0.1) is 23.1 Å². The van der Waals surface area contributed by atoms with Crippen LogP contribution in [0.3, 0.4) is 0 Å². The molecule has 0 aliphatic carbocycles. The standard InChI is InChI=1S/C14H12F2N4O/c15-14(16)21-10-3-1-9(2-4-10)19-13-6-12-8(5-11(13)17)7-18-20-12/h1-7,14,19H,17H2,(H,18,20). The molecule has 0 bridgehead atoms. The molecule has 1 heterocycles. The van der Waals surface area contributed by atoms with Gasteiger partial charge in [0.25, 0.3) is 0 Å². The maximum Gasteiger partial charge on any atom is 0.387 e. The first-order valence-electron chi connectivity index (χ1n) is 6.16. The Labute approximate surface area is 118 Å². The van der Waals surface area contributed by atoms with Crippen molar-refractivity contribution in [3.8, 4) is 5.75 Å². The van der Waals surface area contributed by atoms with Gasteiger partial charge in [0, 0.05) is 11.1 Å². The second-order valence-corrected chi connectivity index (χ2v) is 4.42. The molecule has 7 heteroatoms. The number of nitrogens with one attached hydrogen (secondary N) is 2. The van der Waals surface area contributed by atoms with Crippen LogP contribution in [0.1, 0.15) is 0 Å². The average molecular weight is 290 g/mol. The molecule has 0 amide bonds. The summed E-state index contributed by atoms with van der Waals surface area (Å²) >= 11 is 0. The first kappa shape index (κ1) is 13.2. The number of fused-ring (bicyclic) bond motifs is 1. The van der Waals surface area contributed by atoms with Crippen molar-refractivity contribution in [2.24, 2.45) is 0 Å². The van der Waals surface area contributed by atoms with Crippen LogP contribution in [0.2, 0.25) is 0 Å². The maximum absolute atomic E-state index is 12.1. The van der Waals surface area contributed by atoms with E-state index in [4.69, 9.17) is 5.73 Å². The summed E-state index contributed by atoms with van der Waals surface area (Å²) in [5.41, 5.74) is 8.79. The lowest BCUT2D eigenvalue weighted by Gasteiger charge is -2.10. The van der Waals surface area contributed by atoms with Crippen LogP contribution >= 0.6 is 0 Å². The van der Waals surface area contributed by atoms with E-state index in [-0.39, 0.29) is 5.75 Å². The fourth-order valence-electron chi connectivity index (χ4n) is 1.99. The highest BCUT2D eigenvalue weighted by atomic mass is 19.3. The molecule has 108 valence electrons. The quantitative estimate of drug-likeness (QED) is 0.643. The Kier molecular flexibility index (Phi) is 3.31. The van der Waals surface area contributed by atoms with E-state index in [0.717, 1.165) is 10.9 Å². The number of halogens is 2. The van der Waals surface area contributed by atoms with Crippen molar-refractivity contribution in [1.82, 2.24) is 10.2 Å². The number of aromatic nitrogens is 2. The smallest absolute Gasteiger partial charge is 0.387 e. The van der Waals surface area contributed by atoms with E-state index in [1.54, 1.807) is 24.4 Å². The predicted molar refractivity (Wildman–Crippen MR) is 76.9 cm³/mol. The minimum atomic E-state index is -2.83. The number of aromatic amines is 1. The van der Waals surface area contributed by atoms with E-state index in [1.165, 1.54) is 12.1 Å². The van der Waals surface area contributed by atoms with Gasteiger partial charge in [0.1, 0.15) is 5.75 Å². The number of hydrogen-bond donors (Lipinski definition) is 3. The van der Waals surface area contributed by atoms with Gasteiger partial charge in [-0.2, -0.15) is 13.9 Å². The third kappa shape index (κ3) is 2.86. The van der Waals surface area contributed by atoms with Gasteiger partial charge >= 0.3 is 6.61 Å². The summed E-state index contributed by atoms with van der Waals surface area (Å²) in [6.45, 7) is -2.83. The number of nitrogen functional groups attached to an aromatic ring is 1. The molecule has 3 rings (SSSR count). The SMILES string of the molecule is Nc1cc2cn[nH]c2cc1Nc1ccc(OC(F)F)cc1. The first-order valence-corrected chi connectivity index (χ1v) is 6.16. The van der Waals surface area contributed by atoms with E-state index < -0.39 is 6.61 Å². The molecule has 0 saturated carbocycles. The molecule has 0 atom stereocenters. The highest BCUT2D eigenvalue weighted by Crippen LogP contribution is 2.28. The average Bonchev–Trinajstić information content (AvgIpc) is 2.88. The molecule has 2 aromatic carbocycles. The number of nitrogens with zero attached hydrogens (tertiary/aromatic N) is 1. The molecule has 0 radical (unpaired) electrons. The summed E-state index contributed by atoms with van der Waals surface area (Å²) in [4.78, 5) is 0. The fraction of sp³-hybridized carbons (Fsp3) is 0.0714. The molecule has 3 aromatic rings. The van der Waals surface area contributed by atoms with E-state index in [2.05, 4.69) is 20.3 Å². The largest absolute Gasteiger partial charge is 0.435 e. The van der Waals surface area contributed by atoms with Crippen molar-refractivity contribution in [3.05, 3.63) is 42.6 Å². The van der Waals surface area contributed by atoms with Gasteiger partial charge in [-0.15, -0.1) is 0 Å².